The van der Waals surface area contributed by atoms with Crippen molar-refractivity contribution in [2.45, 2.75) is 0 Å². The van der Waals surface area contributed by atoms with Gasteiger partial charge in [-0.1, -0.05) is 97.1 Å². The average Bonchev–Trinajstić information content (AvgIpc) is 3.88. The Morgan fingerprint density at radius 1 is 0.365 bits per heavy atom. The number of furan rings is 2. The summed E-state index contributed by atoms with van der Waals surface area (Å²) < 4.78 is 15.3. The Morgan fingerprint density at radius 2 is 0.904 bits per heavy atom. The van der Waals surface area contributed by atoms with Crippen molar-refractivity contribution in [3.63, 3.8) is 0 Å². The first-order valence-corrected chi connectivity index (χ1v) is 17.6. The molecule has 11 rings (SSSR count). The quantitative estimate of drug-likeness (QED) is 0.183. The first kappa shape index (κ1) is 28.8. The molecule has 0 aliphatic rings. The lowest BCUT2D eigenvalue weighted by atomic mass is 9.99. The Bertz CT molecular complexity index is 3130. The molecule has 4 heteroatoms. The van der Waals surface area contributed by atoms with E-state index in [9.17, 15) is 0 Å². The summed E-state index contributed by atoms with van der Waals surface area (Å²) in [5.74, 6) is 0. The summed E-state index contributed by atoms with van der Waals surface area (Å²) in [6.07, 6.45) is 0. The highest BCUT2D eigenvalue weighted by Crippen LogP contribution is 2.47. The van der Waals surface area contributed by atoms with E-state index in [0.29, 0.717) is 0 Å². The first-order valence-electron chi connectivity index (χ1n) is 17.6. The van der Waals surface area contributed by atoms with Crippen LogP contribution in [-0.4, -0.2) is 4.57 Å². The highest BCUT2D eigenvalue weighted by atomic mass is 16.3. The molecule has 0 amide bonds. The molecule has 0 radical (unpaired) electrons. The monoisotopic (exact) mass is 666 g/mol. The van der Waals surface area contributed by atoms with Crippen molar-refractivity contribution in [3.05, 3.63) is 182 Å². The first-order chi connectivity index (χ1) is 25.8. The number of para-hydroxylation sites is 4. The third-order valence-electron chi connectivity index (χ3n) is 10.4. The molecule has 0 atom stereocenters. The number of hydrogen-bond acceptors (Lipinski definition) is 3. The number of nitrogens with zero attached hydrogens (tertiary/aromatic N) is 2. The third-order valence-corrected chi connectivity index (χ3v) is 10.4. The lowest BCUT2D eigenvalue weighted by Gasteiger charge is -2.27. The minimum absolute atomic E-state index is 0.844. The molecule has 3 aromatic heterocycles. The van der Waals surface area contributed by atoms with E-state index in [1.165, 1.54) is 21.8 Å². The van der Waals surface area contributed by atoms with E-state index >= 15 is 0 Å². The molecule has 0 saturated carbocycles. The van der Waals surface area contributed by atoms with E-state index < -0.39 is 0 Å². The molecule has 0 saturated heterocycles. The summed E-state index contributed by atoms with van der Waals surface area (Å²) in [4.78, 5) is 2.35. The smallest absolute Gasteiger partial charge is 0.137 e. The Balaban J connectivity index is 1.14. The summed E-state index contributed by atoms with van der Waals surface area (Å²) in [6.45, 7) is 0. The van der Waals surface area contributed by atoms with Gasteiger partial charge in [-0.25, -0.2) is 0 Å². The molecule has 3 heterocycles. The van der Waals surface area contributed by atoms with E-state index in [1.807, 2.05) is 12.1 Å². The highest BCUT2D eigenvalue weighted by Gasteiger charge is 2.23. The summed E-state index contributed by atoms with van der Waals surface area (Å²) in [5.41, 5.74) is 12.4. The summed E-state index contributed by atoms with van der Waals surface area (Å²) >= 11 is 0. The zero-order valence-corrected chi connectivity index (χ0v) is 28.0. The molecular formula is C48H30N2O2. The van der Waals surface area contributed by atoms with Crippen LogP contribution in [0.5, 0.6) is 0 Å². The zero-order valence-electron chi connectivity index (χ0n) is 28.0. The fourth-order valence-electron chi connectivity index (χ4n) is 8.11. The fourth-order valence-corrected chi connectivity index (χ4v) is 8.11. The maximum absolute atomic E-state index is 6.58. The maximum Gasteiger partial charge on any atom is 0.137 e. The lowest BCUT2D eigenvalue weighted by Crippen LogP contribution is -2.10. The van der Waals surface area contributed by atoms with Crippen LogP contribution in [0.4, 0.5) is 17.1 Å². The predicted octanol–water partition coefficient (Wildman–Crippen LogP) is 13.7. The average molecular weight is 667 g/mol. The Kier molecular flexibility index (Phi) is 6.22. The van der Waals surface area contributed by atoms with Crippen LogP contribution in [0.15, 0.2) is 191 Å². The number of benzene rings is 8. The lowest BCUT2D eigenvalue weighted by molar-refractivity contribution is 0.669. The van der Waals surface area contributed by atoms with Crippen LogP contribution in [-0.2, 0) is 0 Å². The normalized spacial score (nSPS) is 11.8. The van der Waals surface area contributed by atoms with Crippen LogP contribution in [0.2, 0.25) is 0 Å². The minimum atomic E-state index is 0.844. The van der Waals surface area contributed by atoms with E-state index in [1.54, 1.807) is 0 Å². The topological polar surface area (TPSA) is 34.5 Å². The van der Waals surface area contributed by atoms with Gasteiger partial charge in [-0.2, -0.15) is 0 Å². The third kappa shape index (κ3) is 4.28. The van der Waals surface area contributed by atoms with Gasteiger partial charge in [0.25, 0.3) is 0 Å². The molecule has 0 unspecified atom stereocenters. The number of rotatable bonds is 5. The summed E-state index contributed by atoms with van der Waals surface area (Å²) in [5, 5.41) is 6.76. The van der Waals surface area contributed by atoms with Crippen LogP contribution >= 0.6 is 0 Å². The van der Waals surface area contributed by atoms with Crippen molar-refractivity contribution in [3.8, 4) is 16.8 Å². The van der Waals surface area contributed by atoms with Crippen molar-refractivity contribution in [1.29, 1.82) is 0 Å². The van der Waals surface area contributed by atoms with Gasteiger partial charge in [0.1, 0.15) is 22.3 Å². The standard InChI is InChI=1S/C48H30N2O2/c1-3-13-33(14-4-1)49-39-19-9-7-17-35(39)37-29-31(25-27-40(37)49)32-26-28-44-38(30-32)48-42(21-12-24-46(48)52-44)50(34-15-5-2-6-16-34)41-20-11-23-45-47(41)36-18-8-10-22-43(36)51-45/h1-30H. The predicted molar refractivity (Wildman–Crippen MR) is 215 cm³/mol. The molecule has 0 fully saturated rings. The molecule has 0 spiro atoms. The van der Waals surface area contributed by atoms with Crippen molar-refractivity contribution >= 4 is 82.7 Å². The number of anilines is 3. The molecule has 0 aliphatic carbocycles. The number of hydrogen-bond donors (Lipinski definition) is 0. The van der Waals surface area contributed by atoms with Gasteiger partial charge < -0.3 is 18.3 Å². The van der Waals surface area contributed by atoms with Crippen LogP contribution in [0.25, 0.3) is 82.5 Å². The molecule has 11 aromatic rings. The minimum Gasteiger partial charge on any atom is -0.456 e. The second-order valence-electron chi connectivity index (χ2n) is 13.3. The summed E-state index contributed by atoms with van der Waals surface area (Å²) in [6, 6.07) is 64.2. The van der Waals surface area contributed by atoms with Crippen molar-refractivity contribution in [2.75, 3.05) is 4.90 Å². The molecule has 0 bridgehead atoms. The van der Waals surface area contributed by atoms with Crippen molar-refractivity contribution in [1.82, 2.24) is 4.57 Å². The van der Waals surface area contributed by atoms with Gasteiger partial charge in [-0.15, -0.1) is 0 Å². The van der Waals surface area contributed by atoms with Gasteiger partial charge in [0.2, 0.25) is 0 Å². The van der Waals surface area contributed by atoms with Crippen LogP contribution in [0.3, 0.4) is 0 Å². The maximum atomic E-state index is 6.58. The number of aromatic nitrogens is 1. The zero-order chi connectivity index (χ0) is 34.2. The molecule has 0 aliphatic heterocycles. The van der Waals surface area contributed by atoms with Crippen LogP contribution in [0.1, 0.15) is 0 Å². The van der Waals surface area contributed by atoms with Gasteiger partial charge >= 0.3 is 0 Å². The van der Waals surface area contributed by atoms with E-state index in [-0.39, 0.29) is 0 Å². The molecule has 8 aromatic carbocycles. The summed E-state index contributed by atoms with van der Waals surface area (Å²) in [7, 11) is 0. The largest absolute Gasteiger partial charge is 0.456 e. The second-order valence-corrected chi connectivity index (χ2v) is 13.3. The Morgan fingerprint density at radius 3 is 1.65 bits per heavy atom. The van der Waals surface area contributed by atoms with E-state index in [2.05, 4.69) is 179 Å². The Hall–Kier alpha value is -7.04. The van der Waals surface area contributed by atoms with Crippen molar-refractivity contribution < 1.29 is 8.83 Å². The van der Waals surface area contributed by atoms with E-state index in [4.69, 9.17) is 8.83 Å². The van der Waals surface area contributed by atoms with Gasteiger partial charge in [0.05, 0.1) is 33.2 Å². The molecule has 0 N–H and O–H groups in total. The fraction of sp³-hybridized carbons (Fsp3) is 0. The molecule has 244 valence electrons. The van der Waals surface area contributed by atoms with Crippen molar-refractivity contribution in [2.24, 2.45) is 0 Å². The van der Waals surface area contributed by atoms with Gasteiger partial charge in [-0.3, -0.25) is 0 Å². The van der Waals surface area contributed by atoms with Gasteiger partial charge in [0.15, 0.2) is 0 Å². The Labute approximate surface area is 299 Å². The second kappa shape index (κ2) is 11.2. The number of fused-ring (bicyclic) bond motifs is 9. The van der Waals surface area contributed by atoms with Crippen LogP contribution < -0.4 is 4.90 Å². The molecule has 4 nitrogen and oxygen atoms in total. The highest BCUT2D eigenvalue weighted by molar-refractivity contribution is 6.18. The molecule has 52 heavy (non-hydrogen) atoms. The van der Waals surface area contributed by atoms with Gasteiger partial charge in [0, 0.05) is 32.9 Å². The SMILES string of the molecule is c1ccc(N(c2cccc3oc4ccccc4c23)c2cccc3oc4ccc(-c5ccc6c(c5)c5ccccc5n6-c5ccccc5)cc4c23)cc1. The van der Waals surface area contributed by atoms with Gasteiger partial charge in [-0.05, 0) is 96.1 Å². The molecular weight excluding hydrogens is 637 g/mol. The van der Waals surface area contributed by atoms with Crippen LogP contribution in [0, 0.1) is 0 Å². The van der Waals surface area contributed by atoms with E-state index in [0.717, 1.165) is 77.8 Å².